The fourth-order valence-corrected chi connectivity index (χ4v) is 3.03. The zero-order valence-corrected chi connectivity index (χ0v) is 10.3. The standard InChI is InChI=1S/C18H13/c1-2-12-11-15-7-3-5-13-9-10-14-6-4-8-16(12)18(14)17(13)15/h3-7,9-11H,2H2,1H3. The highest BCUT2D eigenvalue weighted by Crippen LogP contribution is 2.36. The van der Waals surface area contributed by atoms with Crippen molar-refractivity contribution in [3.63, 3.8) is 0 Å². The Kier molecular flexibility index (Phi) is 1.90. The molecule has 0 unspecified atom stereocenters. The van der Waals surface area contributed by atoms with E-state index in [1.807, 2.05) is 6.07 Å². The van der Waals surface area contributed by atoms with Crippen LogP contribution in [0.25, 0.3) is 32.3 Å². The van der Waals surface area contributed by atoms with Crippen LogP contribution in [0.15, 0.2) is 48.5 Å². The minimum atomic E-state index is 1.06. The highest BCUT2D eigenvalue weighted by molar-refractivity contribution is 6.23. The van der Waals surface area contributed by atoms with Crippen LogP contribution in [0.1, 0.15) is 12.5 Å². The molecule has 0 heteroatoms. The highest BCUT2D eigenvalue weighted by Gasteiger charge is 2.10. The van der Waals surface area contributed by atoms with E-state index in [-0.39, 0.29) is 0 Å². The maximum absolute atomic E-state index is 3.43. The van der Waals surface area contributed by atoms with Crippen LogP contribution in [0.3, 0.4) is 0 Å². The molecule has 0 heterocycles. The van der Waals surface area contributed by atoms with E-state index in [2.05, 4.69) is 55.5 Å². The van der Waals surface area contributed by atoms with E-state index in [1.165, 1.54) is 37.9 Å². The fourth-order valence-electron chi connectivity index (χ4n) is 3.03. The van der Waals surface area contributed by atoms with Gasteiger partial charge in [-0.2, -0.15) is 0 Å². The fraction of sp³-hybridized carbons (Fsp3) is 0.111. The van der Waals surface area contributed by atoms with Gasteiger partial charge in [-0.15, -0.1) is 0 Å². The van der Waals surface area contributed by atoms with E-state index in [0.29, 0.717) is 0 Å². The Balaban J connectivity index is 2.43. The van der Waals surface area contributed by atoms with Crippen LogP contribution < -0.4 is 0 Å². The molecule has 0 atom stereocenters. The lowest BCUT2D eigenvalue weighted by molar-refractivity contribution is 1.16. The predicted octanol–water partition coefficient (Wildman–Crippen LogP) is 4.95. The lowest BCUT2D eigenvalue weighted by Crippen LogP contribution is -1.89. The Bertz CT molecular complexity index is 856. The Morgan fingerprint density at radius 1 is 0.889 bits per heavy atom. The van der Waals surface area contributed by atoms with Gasteiger partial charge < -0.3 is 0 Å². The van der Waals surface area contributed by atoms with Gasteiger partial charge in [-0.1, -0.05) is 55.5 Å². The molecule has 0 amide bonds. The van der Waals surface area contributed by atoms with Gasteiger partial charge in [-0.05, 0) is 50.4 Å². The summed E-state index contributed by atoms with van der Waals surface area (Å²) in [6, 6.07) is 20.9. The van der Waals surface area contributed by atoms with Gasteiger partial charge in [0.05, 0.1) is 0 Å². The summed E-state index contributed by atoms with van der Waals surface area (Å²) in [7, 11) is 0. The lowest BCUT2D eigenvalue weighted by atomic mass is 9.91. The molecule has 4 aromatic rings. The zero-order valence-electron chi connectivity index (χ0n) is 10.3. The molecule has 4 rings (SSSR count). The van der Waals surface area contributed by atoms with E-state index >= 15 is 0 Å². The quantitative estimate of drug-likeness (QED) is 0.405. The van der Waals surface area contributed by atoms with E-state index < -0.39 is 0 Å². The maximum atomic E-state index is 3.43. The predicted molar refractivity (Wildman–Crippen MR) is 78.4 cm³/mol. The molecule has 0 aliphatic rings. The van der Waals surface area contributed by atoms with Crippen molar-refractivity contribution < 1.29 is 0 Å². The summed E-state index contributed by atoms with van der Waals surface area (Å²) in [6.45, 7) is 2.21. The van der Waals surface area contributed by atoms with Crippen LogP contribution in [0.2, 0.25) is 0 Å². The summed E-state index contributed by atoms with van der Waals surface area (Å²) in [5.74, 6) is 0. The van der Waals surface area contributed by atoms with Gasteiger partial charge >= 0.3 is 0 Å². The van der Waals surface area contributed by atoms with Crippen molar-refractivity contribution in [3.8, 4) is 0 Å². The molecule has 4 aromatic carbocycles. The van der Waals surface area contributed by atoms with Crippen LogP contribution in [0, 0.1) is 6.07 Å². The number of aryl methyl sites for hydroxylation is 1. The molecule has 0 fully saturated rings. The normalized spacial score (nSPS) is 11.8. The molecule has 0 aliphatic heterocycles. The molecule has 0 spiro atoms. The highest BCUT2D eigenvalue weighted by atomic mass is 14.1. The summed E-state index contributed by atoms with van der Waals surface area (Å²) in [5.41, 5.74) is 1.40. The van der Waals surface area contributed by atoms with Crippen LogP contribution >= 0.6 is 0 Å². The third kappa shape index (κ3) is 1.15. The summed E-state index contributed by atoms with van der Waals surface area (Å²) >= 11 is 0. The molecular formula is C18H13. The number of benzene rings is 4. The SMILES string of the molecule is CCc1cc2cccc3ccc4cc[c]c1c4c32. The summed E-state index contributed by atoms with van der Waals surface area (Å²) in [6.07, 6.45) is 1.06. The molecule has 0 bridgehead atoms. The van der Waals surface area contributed by atoms with E-state index in [9.17, 15) is 0 Å². The van der Waals surface area contributed by atoms with E-state index in [0.717, 1.165) is 6.42 Å². The average molecular weight is 229 g/mol. The average Bonchev–Trinajstić information content (AvgIpc) is 2.44. The van der Waals surface area contributed by atoms with Gasteiger partial charge in [-0.3, -0.25) is 0 Å². The molecular weight excluding hydrogens is 216 g/mol. The van der Waals surface area contributed by atoms with Gasteiger partial charge in [-0.25, -0.2) is 0 Å². The molecule has 0 nitrogen and oxygen atoms in total. The Morgan fingerprint density at radius 2 is 1.67 bits per heavy atom. The largest absolute Gasteiger partial charge is 0.0613 e. The third-order valence-electron chi connectivity index (χ3n) is 3.88. The van der Waals surface area contributed by atoms with Crippen molar-refractivity contribution in [2.75, 3.05) is 0 Å². The van der Waals surface area contributed by atoms with Crippen molar-refractivity contribution in [1.29, 1.82) is 0 Å². The molecule has 0 aromatic heterocycles. The third-order valence-corrected chi connectivity index (χ3v) is 3.88. The minimum absolute atomic E-state index is 1.06. The molecule has 0 saturated carbocycles. The van der Waals surface area contributed by atoms with E-state index in [1.54, 1.807) is 0 Å². The van der Waals surface area contributed by atoms with Gasteiger partial charge in [0.15, 0.2) is 0 Å². The Morgan fingerprint density at radius 3 is 2.50 bits per heavy atom. The van der Waals surface area contributed by atoms with E-state index in [4.69, 9.17) is 0 Å². The van der Waals surface area contributed by atoms with Crippen molar-refractivity contribution in [2.45, 2.75) is 13.3 Å². The number of hydrogen-bond donors (Lipinski definition) is 0. The van der Waals surface area contributed by atoms with Crippen molar-refractivity contribution in [2.24, 2.45) is 0 Å². The van der Waals surface area contributed by atoms with Crippen molar-refractivity contribution in [1.82, 2.24) is 0 Å². The van der Waals surface area contributed by atoms with Gasteiger partial charge in [0.2, 0.25) is 0 Å². The summed E-state index contributed by atoms with van der Waals surface area (Å²) in [5, 5.41) is 8.06. The Labute approximate surface area is 106 Å². The second-order valence-corrected chi connectivity index (χ2v) is 4.85. The number of rotatable bonds is 1. The summed E-state index contributed by atoms with van der Waals surface area (Å²) in [4.78, 5) is 0. The lowest BCUT2D eigenvalue weighted by Gasteiger charge is -2.13. The van der Waals surface area contributed by atoms with Crippen LogP contribution in [0.5, 0.6) is 0 Å². The second kappa shape index (κ2) is 3.46. The first-order valence-electron chi connectivity index (χ1n) is 6.45. The minimum Gasteiger partial charge on any atom is -0.0613 e. The zero-order chi connectivity index (χ0) is 12.1. The summed E-state index contributed by atoms with van der Waals surface area (Å²) < 4.78 is 0. The maximum Gasteiger partial charge on any atom is -0.00178 e. The smallest absolute Gasteiger partial charge is 0.00178 e. The first-order chi connectivity index (χ1) is 8.88. The van der Waals surface area contributed by atoms with Crippen LogP contribution in [-0.4, -0.2) is 0 Å². The second-order valence-electron chi connectivity index (χ2n) is 4.85. The Hall–Kier alpha value is -2.08. The molecule has 1 radical (unpaired) electrons. The first-order valence-corrected chi connectivity index (χ1v) is 6.45. The van der Waals surface area contributed by atoms with Gasteiger partial charge in [0, 0.05) is 0 Å². The first kappa shape index (κ1) is 9.90. The topological polar surface area (TPSA) is 0 Å². The van der Waals surface area contributed by atoms with Crippen molar-refractivity contribution in [3.05, 3.63) is 60.2 Å². The molecule has 0 N–H and O–H groups in total. The van der Waals surface area contributed by atoms with Crippen LogP contribution in [0.4, 0.5) is 0 Å². The molecule has 85 valence electrons. The van der Waals surface area contributed by atoms with Gasteiger partial charge in [0.1, 0.15) is 0 Å². The molecule has 0 saturated heterocycles. The van der Waals surface area contributed by atoms with Crippen molar-refractivity contribution >= 4 is 32.3 Å². The van der Waals surface area contributed by atoms with Crippen LogP contribution in [-0.2, 0) is 6.42 Å². The van der Waals surface area contributed by atoms with Gasteiger partial charge in [0.25, 0.3) is 0 Å². The molecule has 18 heavy (non-hydrogen) atoms. The monoisotopic (exact) mass is 229 g/mol. The number of hydrogen-bond acceptors (Lipinski definition) is 0. The molecule has 0 aliphatic carbocycles.